The zero-order valence-electron chi connectivity index (χ0n) is 11.4. The largest absolute Gasteiger partial charge is 0.366 e. The molecule has 19 heavy (non-hydrogen) atoms. The lowest BCUT2D eigenvalue weighted by Gasteiger charge is -2.35. The number of H-pyrrole nitrogens is 1. The Kier molecular flexibility index (Phi) is 3.05. The Morgan fingerprint density at radius 1 is 1.16 bits per heavy atom. The van der Waals surface area contributed by atoms with Crippen molar-refractivity contribution in [1.82, 2.24) is 14.5 Å². The van der Waals surface area contributed by atoms with Crippen LogP contribution >= 0.6 is 0 Å². The van der Waals surface area contributed by atoms with Crippen LogP contribution in [0.25, 0.3) is 0 Å². The highest BCUT2D eigenvalue weighted by Crippen LogP contribution is 2.32. The first-order valence-corrected chi connectivity index (χ1v) is 8.26. The summed E-state index contributed by atoms with van der Waals surface area (Å²) in [7, 11) is -3.02. The molecule has 0 unspecified atom stereocenters. The van der Waals surface area contributed by atoms with Crippen molar-refractivity contribution in [3.8, 4) is 0 Å². The number of hydrogen-bond acceptors (Lipinski definition) is 4. The van der Waals surface area contributed by atoms with E-state index in [-0.39, 0.29) is 5.25 Å². The van der Waals surface area contributed by atoms with E-state index < -0.39 is 10.0 Å². The van der Waals surface area contributed by atoms with E-state index >= 15 is 0 Å². The molecule has 106 valence electrons. The number of nitrogens with one attached hydrogen (secondary N) is 1. The van der Waals surface area contributed by atoms with Gasteiger partial charge in [-0.2, -0.15) is 9.40 Å². The molecular formula is C12H20N4O2S. The number of rotatable bonds is 3. The van der Waals surface area contributed by atoms with Crippen molar-refractivity contribution in [3.05, 3.63) is 11.4 Å². The summed E-state index contributed by atoms with van der Waals surface area (Å²) < 4.78 is 26.0. The minimum absolute atomic E-state index is 0.101. The Bertz CT molecular complexity index is 549. The van der Waals surface area contributed by atoms with Crippen molar-refractivity contribution in [2.45, 2.75) is 31.9 Å². The maximum absolute atomic E-state index is 12.2. The molecule has 2 fully saturated rings. The molecule has 2 heterocycles. The molecule has 1 aromatic heterocycles. The third kappa shape index (κ3) is 2.25. The maximum atomic E-state index is 12.2. The van der Waals surface area contributed by atoms with Crippen molar-refractivity contribution in [2.75, 3.05) is 31.1 Å². The van der Waals surface area contributed by atoms with E-state index in [1.807, 2.05) is 13.8 Å². The average Bonchev–Trinajstić information content (AvgIpc) is 3.18. The smallest absolute Gasteiger partial charge is 0.217 e. The van der Waals surface area contributed by atoms with Crippen molar-refractivity contribution in [3.63, 3.8) is 0 Å². The molecule has 0 atom stereocenters. The van der Waals surface area contributed by atoms with Crippen LogP contribution in [-0.2, 0) is 10.0 Å². The van der Waals surface area contributed by atoms with E-state index in [2.05, 4.69) is 15.1 Å². The summed E-state index contributed by atoms with van der Waals surface area (Å²) in [6, 6.07) is 0. The van der Waals surface area contributed by atoms with Crippen LogP contribution < -0.4 is 4.90 Å². The standard InChI is InChI=1S/C12H20N4O2S/c1-9-12(10(2)14-13-9)15-5-7-16(8-6-15)19(17,18)11-3-4-11/h11H,3-8H2,1-2H3,(H,13,14). The van der Waals surface area contributed by atoms with Gasteiger partial charge < -0.3 is 4.90 Å². The minimum Gasteiger partial charge on any atom is -0.366 e. The van der Waals surface area contributed by atoms with Gasteiger partial charge in [0.25, 0.3) is 0 Å². The summed E-state index contributed by atoms with van der Waals surface area (Å²) in [5, 5.41) is 7.08. The molecule has 1 aliphatic heterocycles. The van der Waals surface area contributed by atoms with Gasteiger partial charge in [0.15, 0.2) is 0 Å². The lowest BCUT2D eigenvalue weighted by Crippen LogP contribution is -2.49. The summed E-state index contributed by atoms with van der Waals surface area (Å²) in [5.74, 6) is 0. The van der Waals surface area contributed by atoms with Crippen LogP contribution in [0.3, 0.4) is 0 Å². The number of aryl methyl sites for hydroxylation is 2. The van der Waals surface area contributed by atoms with Crippen LogP contribution in [0.1, 0.15) is 24.2 Å². The number of sulfonamides is 1. The van der Waals surface area contributed by atoms with Gasteiger partial charge in [-0.3, -0.25) is 5.10 Å². The molecule has 1 saturated carbocycles. The van der Waals surface area contributed by atoms with Gasteiger partial charge in [0, 0.05) is 26.2 Å². The Hall–Kier alpha value is -1.08. The third-order valence-corrected chi connectivity index (χ3v) is 6.35. The van der Waals surface area contributed by atoms with E-state index in [0.29, 0.717) is 13.1 Å². The van der Waals surface area contributed by atoms with E-state index in [4.69, 9.17) is 0 Å². The fourth-order valence-electron chi connectivity index (χ4n) is 2.75. The lowest BCUT2D eigenvalue weighted by molar-refractivity contribution is 0.384. The second-order valence-corrected chi connectivity index (χ2v) is 7.63. The van der Waals surface area contributed by atoms with Crippen LogP contribution in [0.5, 0.6) is 0 Å². The highest BCUT2D eigenvalue weighted by molar-refractivity contribution is 7.90. The zero-order valence-corrected chi connectivity index (χ0v) is 12.2. The molecule has 1 aliphatic carbocycles. The Morgan fingerprint density at radius 3 is 2.26 bits per heavy atom. The van der Waals surface area contributed by atoms with Gasteiger partial charge >= 0.3 is 0 Å². The van der Waals surface area contributed by atoms with Gasteiger partial charge in [0.1, 0.15) is 0 Å². The number of anilines is 1. The molecule has 3 rings (SSSR count). The minimum atomic E-state index is -3.02. The van der Waals surface area contributed by atoms with Gasteiger partial charge in [0.2, 0.25) is 10.0 Å². The second kappa shape index (κ2) is 4.49. The van der Waals surface area contributed by atoms with Crippen LogP contribution in [0, 0.1) is 13.8 Å². The highest BCUT2D eigenvalue weighted by atomic mass is 32.2. The first kappa shape index (κ1) is 12.9. The highest BCUT2D eigenvalue weighted by Gasteiger charge is 2.41. The predicted molar refractivity (Wildman–Crippen MR) is 73.8 cm³/mol. The fraction of sp³-hybridized carbons (Fsp3) is 0.750. The van der Waals surface area contributed by atoms with E-state index in [0.717, 1.165) is 43.0 Å². The molecule has 1 N–H and O–H groups in total. The van der Waals surface area contributed by atoms with Crippen LogP contribution in [0.2, 0.25) is 0 Å². The number of piperazine rings is 1. The predicted octanol–water partition coefficient (Wildman–Crippen LogP) is 0.641. The zero-order chi connectivity index (χ0) is 13.6. The molecule has 1 saturated heterocycles. The summed E-state index contributed by atoms with van der Waals surface area (Å²) in [6.45, 7) is 6.64. The summed E-state index contributed by atoms with van der Waals surface area (Å²) in [6.07, 6.45) is 1.67. The number of aromatic amines is 1. The Morgan fingerprint density at radius 2 is 1.79 bits per heavy atom. The normalized spacial score (nSPS) is 21.9. The first-order valence-electron chi connectivity index (χ1n) is 6.75. The average molecular weight is 284 g/mol. The molecular weight excluding hydrogens is 264 g/mol. The third-order valence-electron chi connectivity index (χ3n) is 3.95. The maximum Gasteiger partial charge on any atom is 0.217 e. The van der Waals surface area contributed by atoms with E-state index in [1.165, 1.54) is 0 Å². The summed E-state index contributed by atoms with van der Waals surface area (Å²) >= 11 is 0. The molecule has 2 aliphatic rings. The topological polar surface area (TPSA) is 69.3 Å². The molecule has 1 aromatic rings. The summed E-state index contributed by atoms with van der Waals surface area (Å²) in [4.78, 5) is 2.23. The quantitative estimate of drug-likeness (QED) is 0.884. The molecule has 0 radical (unpaired) electrons. The van der Waals surface area contributed by atoms with Crippen molar-refractivity contribution < 1.29 is 8.42 Å². The van der Waals surface area contributed by atoms with Gasteiger partial charge in [-0.05, 0) is 26.7 Å². The van der Waals surface area contributed by atoms with E-state index in [1.54, 1.807) is 4.31 Å². The van der Waals surface area contributed by atoms with E-state index in [9.17, 15) is 8.42 Å². The van der Waals surface area contributed by atoms with Crippen LogP contribution in [0.4, 0.5) is 5.69 Å². The van der Waals surface area contributed by atoms with Gasteiger partial charge in [0.05, 0.1) is 22.3 Å². The molecule has 7 heteroatoms. The van der Waals surface area contributed by atoms with Crippen molar-refractivity contribution >= 4 is 15.7 Å². The van der Waals surface area contributed by atoms with Crippen LogP contribution in [-0.4, -0.2) is 54.3 Å². The SMILES string of the molecule is Cc1n[nH]c(C)c1N1CCN(S(=O)(=O)C2CC2)CC1. The molecule has 0 bridgehead atoms. The Labute approximate surface area is 113 Å². The summed E-state index contributed by atoms with van der Waals surface area (Å²) in [5.41, 5.74) is 3.16. The monoisotopic (exact) mass is 284 g/mol. The Balaban J connectivity index is 1.70. The molecule has 0 amide bonds. The van der Waals surface area contributed by atoms with Crippen molar-refractivity contribution in [2.24, 2.45) is 0 Å². The molecule has 6 nitrogen and oxygen atoms in total. The van der Waals surface area contributed by atoms with Crippen LogP contribution in [0.15, 0.2) is 0 Å². The first-order chi connectivity index (χ1) is 9.00. The molecule has 0 aromatic carbocycles. The number of aromatic nitrogens is 2. The van der Waals surface area contributed by atoms with Crippen molar-refractivity contribution in [1.29, 1.82) is 0 Å². The van der Waals surface area contributed by atoms with Gasteiger partial charge in [-0.15, -0.1) is 0 Å². The fourth-order valence-corrected chi connectivity index (χ4v) is 4.58. The molecule has 0 spiro atoms. The number of nitrogens with zero attached hydrogens (tertiary/aromatic N) is 3. The lowest BCUT2D eigenvalue weighted by atomic mass is 10.2. The van der Waals surface area contributed by atoms with Gasteiger partial charge in [-0.25, -0.2) is 8.42 Å². The second-order valence-electron chi connectivity index (χ2n) is 5.41. The number of hydrogen-bond donors (Lipinski definition) is 1. The van der Waals surface area contributed by atoms with Gasteiger partial charge in [-0.1, -0.05) is 0 Å².